The number of aromatic nitrogens is 4. The van der Waals surface area contributed by atoms with Gasteiger partial charge in [0.05, 0.1) is 28.1 Å². The van der Waals surface area contributed by atoms with Gasteiger partial charge in [0.15, 0.2) is 5.65 Å². The lowest BCUT2D eigenvalue weighted by Crippen LogP contribution is -2.40. The van der Waals surface area contributed by atoms with Gasteiger partial charge in [0.1, 0.15) is 5.82 Å². The van der Waals surface area contributed by atoms with Gasteiger partial charge in [0.25, 0.3) is 0 Å². The van der Waals surface area contributed by atoms with Gasteiger partial charge in [-0.1, -0.05) is 0 Å². The van der Waals surface area contributed by atoms with Crippen molar-refractivity contribution in [2.45, 2.75) is 38.3 Å². The smallest absolute Gasteiger partial charge is 0.383 e. The molecular weight excluding hydrogens is 405 g/mol. The Bertz CT molecular complexity index is 1060. The molecule has 4 rings (SSSR count). The van der Waals surface area contributed by atoms with E-state index in [-0.39, 0.29) is 40.8 Å². The number of H-pyrrole nitrogens is 1. The van der Waals surface area contributed by atoms with Gasteiger partial charge >= 0.3 is 6.18 Å². The monoisotopic (exact) mass is 424 g/mol. The van der Waals surface area contributed by atoms with E-state index in [4.69, 9.17) is 5.73 Å². The third-order valence-electron chi connectivity index (χ3n) is 5.07. The van der Waals surface area contributed by atoms with Crippen molar-refractivity contribution in [3.63, 3.8) is 0 Å². The number of thiazole rings is 1. The first-order valence-corrected chi connectivity index (χ1v) is 10.0. The van der Waals surface area contributed by atoms with Crippen LogP contribution in [0.2, 0.25) is 0 Å². The Hall–Kier alpha value is -2.69. The van der Waals surface area contributed by atoms with E-state index in [0.29, 0.717) is 31.6 Å². The fourth-order valence-corrected chi connectivity index (χ4v) is 4.31. The first kappa shape index (κ1) is 19.6. The minimum Gasteiger partial charge on any atom is -0.383 e. The van der Waals surface area contributed by atoms with Crippen LogP contribution in [0.4, 0.5) is 19.0 Å². The second kappa shape index (κ2) is 7.29. The molecule has 4 heterocycles. The standard InChI is InChI=1S/C18H19F3N6OS/c1-9-23-11(8-29-9)5-14(28)27-4-2-3-10(7-27)13-6-12(18(19,20)21)15-16(22)25-26-17(15)24-13/h6,8,10H,2-5,7H2,1H3,(H3,22,24,25,26)/t10-/m0/s1. The topological polar surface area (TPSA) is 101 Å². The lowest BCUT2D eigenvalue weighted by Gasteiger charge is -2.32. The molecule has 11 heteroatoms. The number of alkyl halides is 3. The summed E-state index contributed by atoms with van der Waals surface area (Å²) in [6.45, 7) is 2.76. The summed E-state index contributed by atoms with van der Waals surface area (Å²) in [6.07, 6.45) is -3.06. The van der Waals surface area contributed by atoms with Gasteiger partial charge in [0.2, 0.25) is 5.91 Å². The quantitative estimate of drug-likeness (QED) is 0.672. The number of aryl methyl sites for hydroxylation is 1. The van der Waals surface area contributed by atoms with Crippen molar-refractivity contribution in [3.8, 4) is 0 Å². The van der Waals surface area contributed by atoms with Gasteiger partial charge in [-0.05, 0) is 25.8 Å². The summed E-state index contributed by atoms with van der Waals surface area (Å²) in [5.41, 5.74) is 5.69. The van der Waals surface area contributed by atoms with Crippen LogP contribution < -0.4 is 5.73 Å². The van der Waals surface area contributed by atoms with Crippen LogP contribution in [0.3, 0.4) is 0 Å². The molecule has 3 N–H and O–H groups in total. The van der Waals surface area contributed by atoms with Crippen LogP contribution in [0.5, 0.6) is 0 Å². The maximum absolute atomic E-state index is 13.6. The van der Waals surface area contributed by atoms with Crippen LogP contribution >= 0.6 is 11.3 Å². The number of hydrogen-bond acceptors (Lipinski definition) is 6. The van der Waals surface area contributed by atoms with Crippen LogP contribution in [0.1, 0.15) is 40.7 Å². The zero-order valence-electron chi connectivity index (χ0n) is 15.6. The van der Waals surface area contributed by atoms with Gasteiger partial charge in [-0.3, -0.25) is 9.89 Å². The summed E-state index contributed by atoms with van der Waals surface area (Å²) in [4.78, 5) is 22.9. The number of piperidine rings is 1. The van der Waals surface area contributed by atoms with Crippen LogP contribution in [0.15, 0.2) is 11.4 Å². The molecule has 29 heavy (non-hydrogen) atoms. The van der Waals surface area contributed by atoms with E-state index in [2.05, 4.69) is 20.2 Å². The van der Waals surface area contributed by atoms with Crippen LogP contribution in [-0.4, -0.2) is 44.1 Å². The summed E-state index contributed by atoms with van der Waals surface area (Å²) >= 11 is 1.48. The molecule has 7 nitrogen and oxygen atoms in total. The second-order valence-corrected chi connectivity index (χ2v) is 8.20. The Balaban J connectivity index is 1.59. The molecule has 0 aliphatic carbocycles. The SMILES string of the molecule is Cc1nc(CC(=O)N2CCC[C@H](c3cc(C(F)(F)F)c4c(N)[nH]nc4n3)C2)cs1. The Kier molecular flexibility index (Phi) is 4.93. The van der Waals surface area contributed by atoms with E-state index in [9.17, 15) is 18.0 Å². The number of nitrogens with zero attached hydrogens (tertiary/aromatic N) is 4. The minimum atomic E-state index is -4.58. The summed E-state index contributed by atoms with van der Waals surface area (Å²) in [5, 5.41) is 8.70. The summed E-state index contributed by atoms with van der Waals surface area (Å²) in [5.74, 6) is -0.542. The van der Waals surface area contributed by atoms with Crippen molar-refractivity contribution >= 4 is 34.1 Å². The Morgan fingerprint density at radius 2 is 2.21 bits per heavy atom. The van der Waals surface area contributed by atoms with E-state index in [0.717, 1.165) is 11.1 Å². The first-order chi connectivity index (χ1) is 13.7. The lowest BCUT2D eigenvalue weighted by atomic mass is 9.92. The number of aromatic amines is 1. The molecule has 0 radical (unpaired) electrons. The molecule has 1 atom stereocenters. The van der Waals surface area contributed by atoms with Gasteiger partial charge in [-0.2, -0.15) is 18.3 Å². The Morgan fingerprint density at radius 1 is 1.41 bits per heavy atom. The highest BCUT2D eigenvalue weighted by atomic mass is 32.1. The highest BCUT2D eigenvalue weighted by Gasteiger charge is 2.36. The van der Waals surface area contributed by atoms with Crippen molar-refractivity contribution in [2.75, 3.05) is 18.8 Å². The summed E-state index contributed by atoms with van der Waals surface area (Å²) < 4.78 is 40.7. The van der Waals surface area contributed by atoms with E-state index in [1.54, 1.807) is 4.90 Å². The lowest BCUT2D eigenvalue weighted by molar-refractivity contribution is -0.136. The number of nitrogen functional groups attached to an aromatic ring is 1. The molecule has 0 bridgehead atoms. The number of fused-ring (bicyclic) bond motifs is 1. The molecule has 0 spiro atoms. The van der Waals surface area contributed by atoms with Gasteiger partial charge in [-0.15, -0.1) is 11.3 Å². The molecule has 3 aromatic heterocycles. The van der Waals surface area contributed by atoms with Crippen molar-refractivity contribution in [1.29, 1.82) is 0 Å². The molecule has 1 amide bonds. The number of amides is 1. The minimum absolute atomic E-state index is 0.0614. The highest BCUT2D eigenvalue weighted by molar-refractivity contribution is 7.09. The number of rotatable bonds is 3. The van der Waals surface area contributed by atoms with Gasteiger partial charge in [0, 0.05) is 30.1 Å². The average molecular weight is 424 g/mol. The van der Waals surface area contributed by atoms with Crippen molar-refractivity contribution in [3.05, 3.63) is 33.4 Å². The molecule has 154 valence electrons. The number of halogens is 3. The van der Waals surface area contributed by atoms with E-state index in [1.807, 2.05) is 12.3 Å². The fourth-order valence-electron chi connectivity index (χ4n) is 3.70. The normalized spacial score (nSPS) is 17.8. The van der Waals surface area contributed by atoms with Gasteiger partial charge in [-0.25, -0.2) is 9.97 Å². The number of anilines is 1. The molecule has 0 unspecified atom stereocenters. The number of carbonyl (C=O) groups is 1. The second-order valence-electron chi connectivity index (χ2n) is 7.14. The molecule has 0 aromatic carbocycles. The van der Waals surface area contributed by atoms with Crippen molar-refractivity contribution in [2.24, 2.45) is 0 Å². The average Bonchev–Trinajstić information content (AvgIpc) is 3.26. The maximum atomic E-state index is 13.6. The number of nitrogens with one attached hydrogen (secondary N) is 1. The molecule has 1 aliphatic rings. The van der Waals surface area contributed by atoms with Crippen LogP contribution in [0, 0.1) is 6.92 Å². The fraction of sp³-hybridized carbons (Fsp3) is 0.444. The zero-order valence-corrected chi connectivity index (χ0v) is 16.4. The van der Waals surface area contributed by atoms with Crippen molar-refractivity contribution in [1.82, 2.24) is 25.1 Å². The number of likely N-dealkylation sites (tertiary alicyclic amines) is 1. The molecule has 3 aromatic rings. The zero-order chi connectivity index (χ0) is 20.8. The summed E-state index contributed by atoms with van der Waals surface area (Å²) in [6, 6.07) is 1.04. The van der Waals surface area contributed by atoms with Crippen LogP contribution in [0.25, 0.3) is 11.0 Å². The first-order valence-electron chi connectivity index (χ1n) is 9.13. The molecule has 1 aliphatic heterocycles. The van der Waals surface area contributed by atoms with Gasteiger partial charge < -0.3 is 10.6 Å². The third-order valence-corrected chi connectivity index (χ3v) is 5.89. The molecule has 0 saturated carbocycles. The van der Waals surface area contributed by atoms with Crippen LogP contribution in [-0.2, 0) is 17.4 Å². The van der Waals surface area contributed by atoms with E-state index >= 15 is 0 Å². The predicted octanol–water partition coefficient (Wildman–Crippen LogP) is 3.27. The maximum Gasteiger partial charge on any atom is 0.417 e. The Morgan fingerprint density at radius 3 is 2.90 bits per heavy atom. The summed E-state index contributed by atoms with van der Waals surface area (Å²) in [7, 11) is 0. The molecular formula is C18H19F3N6OS. The Labute approximate surface area is 168 Å². The predicted molar refractivity (Wildman–Crippen MR) is 102 cm³/mol. The number of nitrogens with two attached hydrogens (primary N) is 1. The van der Waals surface area contributed by atoms with E-state index in [1.165, 1.54) is 11.3 Å². The van der Waals surface area contributed by atoms with E-state index < -0.39 is 11.7 Å². The highest BCUT2D eigenvalue weighted by Crippen LogP contribution is 2.38. The van der Waals surface area contributed by atoms with Crippen molar-refractivity contribution < 1.29 is 18.0 Å². The number of hydrogen-bond donors (Lipinski definition) is 2. The largest absolute Gasteiger partial charge is 0.417 e. The third kappa shape index (κ3) is 3.91. The molecule has 1 fully saturated rings. The number of carbonyl (C=O) groups excluding carboxylic acids is 1. The molecule has 1 saturated heterocycles. The number of pyridine rings is 1.